The van der Waals surface area contributed by atoms with Crippen LogP contribution in [0.4, 0.5) is 17.5 Å². The smallest absolute Gasteiger partial charge is 0.251 e. The quantitative estimate of drug-likeness (QED) is 0.615. The van der Waals surface area contributed by atoms with Crippen molar-refractivity contribution in [2.24, 2.45) is 0 Å². The Hall–Kier alpha value is -4.01. The van der Waals surface area contributed by atoms with Crippen LogP contribution in [0.1, 0.15) is 15.9 Å². The van der Waals surface area contributed by atoms with Crippen LogP contribution in [0.3, 0.4) is 0 Å². The van der Waals surface area contributed by atoms with Gasteiger partial charge in [-0.15, -0.1) is 10.2 Å². The molecule has 164 valence electrons. The molecule has 1 aromatic carbocycles. The van der Waals surface area contributed by atoms with Crippen LogP contribution in [0.5, 0.6) is 0 Å². The van der Waals surface area contributed by atoms with E-state index in [9.17, 15) is 9.59 Å². The Morgan fingerprint density at radius 3 is 2.31 bits per heavy atom. The van der Waals surface area contributed by atoms with Gasteiger partial charge < -0.3 is 20.4 Å². The summed E-state index contributed by atoms with van der Waals surface area (Å²) in [6.07, 6.45) is 1.79. The number of hydrogen-bond acceptors (Lipinski definition) is 7. The van der Waals surface area contributed by atoms with Gasteiger partial charge in [-0.2, -0.15) is 0 Å². The summed E-state index contributed by atoms with van der Waals surface area (Å²) in [5, 5.41) is 14.4. The Bertz CT molecular complexity index is 1050. The van der Waals surface area contributed by atoms with Crippen molar-refractivity contribution >= 4 is 29.3 Å². The number of aryl methyl sites for hydroxylation is 1. The maximum absolute atomic E-state index is 12.5. The van der Waals surface area contributed by atoms with Gasteiger partial charge >= 0.3 is 0 Å². The topological polar surface area (TPSA) is 103 Å². The molecule has 1 aliphatic rings. The average Bonchev–Trinajstić information content (AvgIpc) is 2.85. The molecule has 4 rings (SSSR count). The largest absolute Gasteiger partial charge is 0.352 e. The summed E-state index contributed by atoms with van der Waals surface area (Å²) in [6, 6.07) is 16.5. The number of nitrogens with one attached hydrogen (secondary N) is 2. The Labute approximate surface area is 186 Å². The summed E-state index contributed by atoms with van der Waals surface area (Å²) in [5.41, 5.74) is 1.63. The minimum absolute atomic E-state index is 0.0130. The molecule has 3 heterocycles. The van der Waals surface area contributed by atoms with Gasteiger partial charge in [0.25, 0.3) is 5.91 Å². The monoisotopic (exact) mass is 431 g/mol. The molecule has 2 N–H and O–H groups in total. The van der Waals surface area contributed by atoms with Gasteiger partial charge in [-0.25, -0.2) is 4.98 Å². The van der Waals surface area contributed by atoms with Crippen LogP contribution in [0.2, 0.25) is 0 Å². The van der Waals surface area contributed by atoms with Crippen molar-refractivity contribution in [1.82, 2.24) is 25.4 Å². The Morgan fingerprint density at radius 1 is 0.906 bits per heavy atom. The summed E-state index contributed by atoms with van der Waals surface area (Å²) >= 11 is 0. The lowest BCUT2D eigenvalue weighted by Crippen LogP contribution is -2.51. The van der Waals surface area contributed by atoms with Crippen LogP contribution in [0, 0.1) is 6.92 Å². The molecule has 0 unspecified atom stereocenters. The van der Waals surface area contributed by atoms with E-state index < -0.39 is 0 Å². The maximum Gasteiger partial charge on any atom is 0.251 e. The van der Waals surface area contributed by atoms with E-state index in [1.165, 1.54) is 0 Å². The second-order valence-electron chi connectivity index (χ2n) is 7.54. The predicted octanol–water partition coefficient (Wildman–Crippen LogP) is 2.00. The number of rotatable bonds is 6. The van der Waals surface area contributed by atoms with Gasteiger partial charge in [-0.1, -0.05) is 24.3 Å². The van der Waals surface area contributed by atoms with Crippen molar-refractivity contribution in [2.75, 3.05) is 42.9 Å². The molecule has 1 aliphatic heterocycles. The van der Waals surface area contributed by atoms with E-state index in [0.717, 1.165) is 11.4 Å². The van der Waals surface area contributed by atoms with Gasteiger partial charge in [-0.3, -0.25) is 9.59 Å². The standard InChI is InChI=1S/C23H25N7O2/c1-17-7-8-19(24-15-17)26-20-9-10-21(28-27-20)29-11-13-30(14-12-29)22(31)16-25-23(32)18-5-3-2-4-6-18/h2-10,15H,11-14,16H2,1H3,(H,25,32)(H,24,26,27). The average molecular weight is 432 g/mol. The number of nitrogens with zero attached hydrogens (tertiary/aromatic N) is 5. The molecule has 32 heavy (non-hydrogen) atoms. The van der Waals surface area contributed by atoms with Crippen LogP contribution in [0.25, 0.3) is 0 Å². The van der Waals surface area contributed by atoms with Gasteiger partial charge in [0.05, 0.1) is 6.54 Å². The molecule has 0 spiro atoms. The van der Waals surface area contributed by atoms with E-state index in [0.29, 0.717) is 43.4 Å². The van der Waals surface area contributed by atoms with E-state index in [1.54, 1.807) is 35.4 Å². The summed E-state index contributed by atoms with van der Waals surface area (Å²) in [7, 11) is 0. The number of aromatic nitrogens is 3. The second kappa shape index (κ2) is 9.86. The molecule has 9 nitrogen and oxygen atoms in total. The lowest BCUT2D eigenvalue weighted by atomic mass is 10.2. The molecule has 0 bridgehead atoms. The molecule has 0 atom stereocenters. The number of amides is 2. The Kier molecular flexibility index (Phi) is 6.54. The SMILES string of the molecule is Cc1ccc(Nc2ccc(N3CCN(C(=O)CNC(=O)c4ccccc4)CC3)nn2)nc1. The fourth-order valence-electron chi connectivity index (χ4n) is 3.38. The van der Waals surface area contributed by atoms with Crippen LogP contribution in [0.15, 0.2) is 60.8 Å². The van der Waals surface area contributed by atoms with Gasteiger partial charge in [-0.05, 0) is 42.8 Å². The summed E-state index contributed by atoms with van der Waals surface area (Å²) in [6.45, 7) is 4.41. The number of hydrogen-bond donors (Lipinski definition) is 2. The van der Waals surface area contributed by atoms with E-state index in [2.05, 4.69) is 30.7 Å². The number of carbonyl (C=O) groups excluding carboxylic acids is 2. The van der Waals surface area contributed by atoms with Crippen LogP contribution >= 0.6 is 0 Å². The fourth-order valence-corrected chi connectivity index (χ4v) is 3.38. The molecule has 3 aromatic rings. The highest BCUT2D eigenvalue weighted by Crippen LogP contribution is 2.16. The fraction of sp³-hybridized carbons (Fsp3) is 0.261. The zero-order chi connectivity index (χ0) is 22.3. The lowest BCUT2D eigenvalue weighted by Gasteiger charge is -2.35. The highest BCUT2D eigenvalue weighted by Gasteiger charge is 2.22. The third-order valence-electron chi connectivity index (χ3n) is 5.21. The summed E-state index contributed by atoms with van der Waals surface area (Å²) in [4.78, 5) is 32.7. The molecule has 0 saturated carbocycles. The van der Waals surface area contributed by atoms with E-state index in [-0.39, 0.29) is 18.4 Å². The third kappa shape index (κ3) is 5.37. The molecule has 2 amide bonds. The number of anilines is 3. The van der Waals surface area contributed by atoms with Crippen LogP contribution in [-0.4, -0.2) is 64.6 Å². The van der Waals surface area contributed by atoms with Crippen molar-refractivity contribution in [3.8, 4) is 0 Å². The Balaban J connectivity index is 1.24. The van der Waals surface area contributed by atoms with Crippen molar-refractivity contribution in [2.45, 2.75) is 6.92 Å². The van der Waals surface area contributed by atoms with E-state index in [4.69, 9.17) is 0 Å². The van der Waals surface area contributed by atoms with Gasteiger partial charge in [0, 0.05) is 37.9 Å². The number of pyridine rings is 1. The Morgan fingerprint density at radius 2 is 1.66 bits per heavy atom. The first-order valence-corrected chi connectivity index (χ1v) is 10.5. The zero-order valence-corrected chi connectivity index (χ0v) is 17.9. The number of piperazine rings is 1. The lowest BCUT2D eigenvalue weighted by molar-refractivity contribution is -0.130. The molecular formula is C23H25N7O2. The molecule has 0 radical (unpaired) electrons. The van der Waals surface area contributed by atoms with E-state index in [1.807, 2.05) is 37.3 Å². The van der Waals surface area contributed by atoms with Gasteiger partial charge in [0.1, 0.15) is 5.82 Å². The first-order valence-electron chi connectivity index (χ1n) is 10.5. The molecule has 1 saturated heterocycles. The number of carbonyl (C=O) groups is 2. The molecular weight excluding hydrogens is 406 g/mol. The van der Waals surface area contributed by atoms with Gasteiger partial charge in [0.15, 0.2) is 11.6 Å². The third-order valence-corrected chi connectivity index (χ3v) is 5.21. The van der Waals surface area contributed by atoms with Crippen LogP contribution < -0.4 is 15.5 Å². The number of benzene rings is 1. The molecule has 9 heteroatoms. The normalized spacial score (nSPS) is 13.5. The first-order chi connectivity index (χ1) is 15.6. The maximum atomic E-state index is 12.5. The highest BCUT2D eigenvalue weighted by molar-refractivity contribution is 5.96. The second-order valence-corrected chi connectivity index (χ2v) is 7.54. The first kappa shape index (κ1) is 21.2. The molecule has 2 aromatic heterocycles. The summed E-state index contributed by atoms with van der Waals surface area (Å²) < 4.78 is 0. The van der Waals surface area contributed by atoms with Crippen molar-refractivity contribution < 1.29 is 9.59 Å². The minimum atomic E-state index is -0.248. The highest BCUT2D eigenvalue weighted by atomic mass is 16.2. The predicted molar refractivity (Wildman–Crippen MR) is 122 cm³/mol. The van der Waals surface area contributed by atoms with E-state index >= 15 is 0 Å². The van der Waals surface area contributed by atoms with Crippen molar-refractivity contribution in [1.29, 1.82) is 0 Å². The summed E-state index contributed by atoms with van der Waals surface area (Å²) in [5.74, 6) is 1.75. The molecule has 1 fully saturated rings. The van der Waals surface area contributed by atoms with Gasteiger partial charge in [0.2, 0.25) is 5.91 Å². The molecule has 0 aliphatic carbocycles. The van der Waals surface area contributed by atoms with Crippen molar-refractivity contribution in [3.63, 3.8) is 0 Å². The van der Waals surface area contributed by atoms with Crippen LogP contribution in [-0.2, 0) is 4.79 Å². The van der Waals surface area contributed by atoms with Crippen molar-refractivity contribution in [3.05, 3.63) is 71.9 Å². The zero-order valence-electron chi connectivity index (χ0n) is 17.9. The minimum Gasteiger partial charge on any atom is -0.352 e.